The molecule has 0 radical (unpaired) electrons. The van der Waals surface area contributed by atoms with Gasteiger partial charge < -0.3 is 20.3 Å². The van der Waals surface area contributed by atoms with Crippen molar-refractivity contribution in [3.8, 4) is 11.8 Å². The van der Waals surface area contributed by atoms with Gasteiger partial charge in [0, 0.05) is 12.6 Å². The first kappa shape index (κ1) is 13.8. The van der Waals surface area contributed by atoms with E-state index in [4.69, 9.17) is 15.1 Å². The lowest BCUT2D eigenvalue weighted by Gasteiger charge is -2.13. The monoisotopic (exact) mass is 300 g/mol. The van der Waals surface area contributed by atoms with E-state index in [9.17, 15) is 5.11 Å². The lowest BCUT2D eigenvalue weighted by Crippen LogP contribution is -2.23. The molecule has 0 aliphatic rings. The van der Waals surface area contributed by atoms with Crippen LogP contribution in [0.25, 0.3) is 0 Å². The van der Waals surface area contributed by atoms with Gasteiger partial charge in [0.15, 0.2) is 0 Å². The van der Waals surface area contributed by atoms with E-state index < -0.39 is 6.10 Å². The number of nitrogens with zero attached hydrogens (tertiary/aromatic N) is 1. The molecule has 1 atom stereocenters. The van der Waals surface area contributed by atoms with Crippen LogP contribution >= 0.6 is 15.9 Å². The number of anilines is 1. The van der Waals surface area contributed by atoms with Crippen molar-refractivity contribution in [1.29, 1.82) is 5.26 Å². The van der Waals surface area contributed by atoms with E-state index >= 15 is 0 Å². The Morgan fingerprint density at radius 3 is 2.82 bits per heavy atom. The topological polar surface area (TPSA) is 85.5 Å². The molecule has 5 nitrogen and oxygen atoms in total. The normalized spacial score (nSPS) is 11.7. The SMILES string of the molecule is COc1cc(NCC(O)CO)c(C#N)cc1Br. The summed E-state index contributed by atoms with van der Waals surface area (Å²) >= 11 is 3.28. The predicted molar refractivity (Wildman–Crippen MR) is 67.0 cm³/mol. The molecular formula is C11H13BrN2O3. The second-order valence-corrected chi connectivity index (χ2v) is 4.22. The highest BCUT2D eigenvalue weighted by Crippen LogP contribution is 2.31. The van der Waals surface area contributed by atoms with Crippen LogP contribution in [0, 0.1) is 11.3 Å². The second kappa shape index (κ2) is 6.45. The Morgan fingerprint density at radius 1 is 1.59 bits per heavy atom. The first-order valence-corrected chi connectivity index (χ1v) is 5.72. The van der Waals surface area contributed by atoms with Crippen LogP contribution < -0.4 is 10.1 Å². The third kappa shape index (κ3) is 3.60. The standard InChI is InChI=1S/C11H13BrN2O3/c1-17-11-3-10(14-5-8(16)6-15)7(4-13)2-9(11)12/h2-3,8,14-16H,5-6H2,1H3. The lowest BCUT2D eigenvalue weighted by atomic mass is 10.2. The predicted octanol–water partition coefficient (Wildman–Crippen LogP) is 1.09. The zero-order valence-electron chi connectivity index (χ0n) is 9.27. The maximum atomic E-state index is 9.23. The molecule has 92 valence electrons. The van der Waals surface area contributed by atoms with Gasteiger partial charge in [0.05, 0.1) is 35.5 Å². The number of methoxy groups -OCH3 is 1. The van der Waals surface area contributed by atoms with Gasteiger partial charge in [-0.2, -0.15) is 5.26 Å². The Labute approximate surface area is 108 Å². The first-order valence-electron chi connectivity index (χ1n) is 4.92. The van der Waals surface area contributed by atoms with Crippen LogP contribution in [0.15, 0.2) is 16.6 Å². The van der Waals surface area contributed by atoms with E-state index in [1.54, 1.807) is 12.1 Å². The van der Waals surface area contributed by atoms with Crippen LogP contribution in [0.4, 0.5) is 5.69 Å². The Hall–Kier alpha value is -1.29. The van der Waals surface area contributed by atoms with Gasteiger partial charge in [0.2, 0.25) is 0 Å². The molecule has 0 aliphatic heterocycles. The minimum Gasteiger partial charge on any atom is -0.495 e. The highest BCUT2D eigenvalue weighted by Gasteiger charge is 2.10. The van der Waals surface area contributed by atoms with Gasteiger partial charge in [0.1, 0.15) is 11.8 Å². The van der Waals surface area contributed by atoms with Crippen molar-refractivity contribution >= 4 is 21.6 Å². The van der Waals surface area contributed by atoms with E-state index in [1.807, 2.05) is 6.07 Å². The van der Waals surface area contributed by atoms with Gasteiger partial charge >= 0.3 is 0 Å². The molecule has 0 fully saturated rings. The highest BCUT2D eigenvalue weighted by atomic mass is 79.9. The van der Waals surface area contributed by atoms with Gasteiger partial charge in [-0.05, 0) is 22.0 Å². The van der Waals surface area contributed by atoms with Crippen molar-refractivity contribution < 1.29 is 14.9 Å². The average Bonchev–Trinajstić information content (AvgIpc) is 2.36. The Morgan fingerprint density at radius 2 is 2.29 bits per heavy atom. The molecule has 1 rings (SSSR count). The summed E-state index contributed by atoms with van der Waals surface area (Å²) in [6, 6.07) is 5.33. The lowest BCUT2D eigenvalue weighted by molar-refractivity contribution is 0.105. The van der Waals surface area contributed by atoms with Crippen molar-refractivity contribution in [2.75, 3.05) is 25.6 Å². The molecular weight excluding hydrogens is 288 g/mol. The summed E-state index contributed by atoms with van der Waals surface area (Å²) in [5.41, 5.74) is 0.989. The number of hydrogen-bond acceptors (Lipinski definition) is 5. The molecule has 1 unspecified atom stereocenters. The van der Waals surface area contributed by atoms with Gasteiger partial charge in [-0.1, -0.05) is 0 Å². The van der Waals surface area contributed by atoms with E-state index in [0.29, 0.717) is 21.5 Å². The molecule has 0 aromatic heterocycles. The van der Waals surface area contributed by atoms with Crippen LogP contribution in [0.1, 0.15) is 5.56 Å². The maximum absolute atomic E-state index is 9.23. The minimum atomic E-state index is -0.865. The van der Waals surface area contributed by atoms with Crippen LogP contribution in [0.2, 0.25) is 0 Å². The van der Waals surface area contributed by atoms with Crippen molar-refractivity contribution in [1.82, 2.24) is 0 Å². The van der Waals surface area contributed by atoms with E-state index in [0.717, 1.165) is 0 Å². The van der Waals surface area contributed by atoms with Gasteiger partial charge in [-0.25, -0.2) is 0 Å². The van der Waals surface area contributed by atoms with Crippen molar-refractivity contribution in [3.63, 3.8) is 0 Å². The van der Waals surface area contributed by atoms with Crippen molar-refractivity contribution in [3.05, 3.63) is 22.2 Å². The van der Waals surface area contributed by atoms with Crippen LogP contribution in [0.5, 0.6) is 5.75 Å². The summed E-state index contributed by atoms with van der Waals surface area (Å²) in [5.74, 6) is 0.588. The third-order valence-electron chi connectivity index (χ3n) is 2.15. The molecule has 0 bridgehead atoms. The van der Waals surface area contributed by atoms with E-state index in [1.165, 1.54) is 7.11 Å². The Kier molecular flexibility index (Phi) is 5.22. The van der Waals surface area contributed by atoms with E-state index in [2.05, 4.69) is 21.2 Å². The van der Waals surface area contributed by atoms with Gasteiger partial charge in [-0.3, -0.25) is 0 Å². The zero-order chi connectivity index (χ0) is 12.8. The number of rotatable bonds is 5. The highest BCUT2D eigenvalue weighted by molar-refractivity contribution is 9.10. The maximum Gasteiger partial charge on any atom is 0.135 e. The molecule has 0 saturated heterocycles. The summed E-state index contributed by atoms with van der Waals surface area (Å²) < 4.78 is 5.80. The quantitative estimate of drug-likeness (QED) is 0.758. The molecule has 0 spiro atoms. The summed E-state index contributed by atoms with van der Waals surface area (Å²) in [6.07, 6.45) is -0.865. The zero-order valence-corrected chi connectivity index (χ0v) is 10.9. The fourth-order valence-corrected chi connectivity index (χ4v) is 1.75. The molecule has 1 aromatic carbocycles. The molecule has 0 aliphatic carbocycles. The summed E-state index contributed by atoms with van der Waals surface area (Å²) in [5, 5.41) is 29.8. The van der Waals surface area contributed by atoms with Gasteiger partial charge in [0.25, 0.3) is 0 Å². The first-order chi connectivity index (χ1) is 8.12. The molecule has 0 heterocycles. The molecule has 0 amide bonds. The number of aliphatic hydroxyl groups excluding tert-OH is 2. The molecule has 1 aromatic rings. The third-order valence-corrected chi connectivity index (χ3v) is 2.77. The van der Waals surface area contributed by atoms with Crippen LogP contribution in [-0.4, -0.2) is 36.6 Å². The summed E-state index contributed by atoms with van der Waals surface area (Å²) in [6.45, 7) is -0.168. The smallest absolute Gasteiger partial charge is 0.135 e. The number of nitrogens with one attached hydrogen (secondary N) is 1. The number of nitriles is 1. The average molecular weight is 301 g/mol. The molecule has 0 saturated carbocycles. The fraction of sp³-hybridized carbons (Fsp3) is 0.364. The number of benzene rings is 1. The Balaban J connectivity index is 2.93. The van der Waals surface area contributed by atoms with Crippen LogP contribution in [-0.2, 0) is 0 Å². The Bertz CT molecular complexity index is 431. The van der Waals surface area contributed by atoms with E-state index in [-0.39, 0.29) is 13.2 Å². The minimum absolute atomic E-state index is 0.163. The molecule has 3 N–H and O–H groups in total. The number of ether oxygens (including phenoxy) is 1. The second-order valence-electron chi connectivity index (χ2n) is 3.36. The van der Waals surface area contributed by atoms with Crippen molar-refractivity contribution in [2.24, 2.45) is 0 Å². The molecule has 6 heteroatoms. The largest absolute Gasteiger partial charge is 0.495 e. The van der Waals surface area contributed by atoms with Crippen molar-refractivity contribution in [2.45, 2.75) is 6.10 Å². The summed E-state index contributed by atoms with van der Waals surface area (Å²) in [7, 11) is 1.53. The molecule has 17 heavy (non-hydrogen) atoms. The van der Waals surface area contributed by atoms with Gasteiger partial charge in [-0.15, -0.1) is 0 Å². The number of halogens is 1. The number of aliphatic hydroxyl groups is 2. The summed E-state index contributed by atoms with van der Waals surface area (Å²) in [4.78, 5) is 0. The number of hydrogen-bond donors (Lipinski definition) is 3. The van der Waals surface area contributed by atoms with Crippen LogP contribution in [0.3, 0.4) is 0 Å². The fourth-order valence-electron chi connectivity index (χ4n) is 1.24.